The summed E-state index contributed by atoms with van der Waals surface area (Å²) in [4.78, 5) is 17.0. The van der Waals surface area contributed by atoms with E-state index >= 15 is 0 Å². The van der Waals surface area contributed by atoms with Crippen LogP contribution in [0.5, 0.6) is 5.75 Å². The summed E-state index contributed by atoms with van der Waals surface area (Å²) in [6.45, 7) is 5.55. The lowest BCUT2D eigenvalue weighted by atomic mass is 10.00. The summed E-state index contributed by atoms with van der Waals surface area (Å²) in [5, 5.41) is 3.25. The molecule has 6 nitrogen and oxygen atoms in total. The van der Waals surface area contributed by atoms with Crippen LogP contribution in [0.15, 0.2) is 60.1 Å². The Labute approximate surface area is 186 Å². The monoisotopic (exact) mass is 424 g/mol. The van der Waals surface area contributed by atoms with E-state index in [2.05, 4.69) is 28.4 Å². The summed E-state index contributed by atoms with van der Waals surface area (Å²) in [5.41, 5.74) is 9.00. The molecule has 0 unspecified atom stereocenters. The Hall–Kier alpha value is -2.73. The van der Waals surface area contributed by atoms with Gasteiger partial charge in [-0.1, -0.05) is 42.9 Å². The molecule has 0 spiro atoms. The predicted octanol–water partition coefficient (Wildman–Crippen LogP) is 3.52. The fraction of sp³-hybridized carbons (Fsp3) is 0.480. The maximum atomic E-state index is 12.7. The van der Waals surface area contributed by atoms with Crippen LogP contribution in [0.4, 0.5) is 0 Å². The van der Waals surface area contributed by atoms with E-state index in [1.165, 1.54) is 5.57 Å². The number of likely N-dealkylation sites (tertiary alicyclic amines) is 1. The van der Waals surface area contributed by atoms with Crippen LogP contribution in [0.1, 0.15) is 44.6 Å². The van der Waals surface area contributed by atoms with Gasteiger partial charge < -0.3 is 15.8 Å². The van der Waals surface area contributed by atoms with Crippen LogP contribution in [-0.2, 0) is 11.3 Å². The van der Waals surface area contributed by atoms with Crippen molar-refractivity contribution in [2.75, 3.05) is 26.7 Å². The lowest BCUT2D eigenvalue weighted by Gasteiger charge is -2.39. The summed E-state index contributed by atoms with van der Waals surface area (Å²) in [6.07, 6.45) is 13.1. The average molecular weight is 425 g/mol. The highest BCUT2D eigenvalue weighted by Crippen LogP contribution is 2.22. The molecule has 0 aromatic heterocycles. The van der Waals surface area contributed by atoms with Gasteiger partial charge in [0.25, 0.3) is 0 Å². The Morgan fingerprint density at radius 2 is 2.03 bits per heavy atom. The summed E-state index contributed by atoms with van der Waals surface area (Å²) in [5.74, 6) is 1.42. The Balaban J connectivity index is 1.55. The fourth-order valence-corrected chi connectivity index (χ4v) is 4.22. The molecule has 1 fully saturated rings. The molecular formula is C25H36N4O2. The molecule has 1 aromatic rings. The van der Waals surface area contributed by atoms with Crippen molar-refractivity contribution in [1.29, 1.82) is 0 Å². The van der Waals surface area contributed by atoms with Crippen LogP contribution in [0.2, 0.25) is 0 Å². The fourth-order valence-electron chi connectivity index (χ4n) is 4.22. The van der Waals surface area contributed by atoms with Gasteiger partial charge in [-0.2, -0.15) is 0 Å². The highest BCUT2D eigenvalue weighted by molar-refractivity contribution is 5.78. The number of nitrogens with two attached hydrogens (primary N) is 1. The van der Waals surface area contributed by atoms with Crippen molar-refractivity contribution in [3.8, 4) is 5.75 Å². The molecule has 3 N–H and O–H groups in total. The van der Waals surface area contributed by atoms with Crippen molar-refractivity contribution in [3.63, 3.8) is 0 Å². The molecule has 1 saturated heterocycles. The molecule has 1 heterocycles. The van der Waals surface area contributed by atoms with E-state index in [0.29, 0.717) is 18.8 Å². The third-order valence-corrected chi connectivity index (χ3v) is 6.01. The number of allylic oxidation sites excluding steroid dienone is 3. The number of methoxy groups -OCH3 is 1. The molecule has 31 heavy (non-hydrogen) atoms. The van der Waals surface area contributed by atoms with Crippen molar-refractivity contribution >= 4 is 5.91 Å². The van der Waals surface area contributed by atoms with Gasteiger partial charge in [-0.25, -0.2) is 0 Å². The van der Waals surface area contributed by atoms with E-state index in [1.807, 2.05) is 31.2 Å². The van der Waals surface area contributed by atoms with Crippen LogP contribution in [0, 0.1) is 0 Å². The largest absolute Gasteiger partial charge is 0.497 e. The van der Waals surface area contributed by atoms with Gasteiger partial charge >= 0.3 is 0 Å². The molecule has 0 bridgehead atoms. The standard InChI is InChI=1S/C25H36N4O2/c1-3-25(30)29(24(26)18-27-17-20-9-11-23(31-2)12-10-20)22-13-15-28(16-14-22)19-21-7-5-4-6-8-21/h4-5,7,9-12,18,22,27H,3,6,8,13-17,19,26H2,1-2H3/b24-18+. The second-order valence-electron chi connectivity index (χ2n) is 8.21. The molecule has 0 radical (unpaired) electrons. The molecule has 168 valence electrons. The minimum absolute atomic E-state index is 0.0820. The number of hydrogen-bond donors (Lipinski definition) is 2. The molecule has 3 rings (SSSR count). The second kappa shape index (κ2) is 11.6. The number of nitrogens with one attached hydrogen (secondary N) is 1. The van der Waals surface area contributed by atoms with Crippen molar-refractivity contribution in [3.05, 3.63) is 65.7 Å². The summed E-state index contributed by atoms with van der Waals surface area (Å²) < 4.78 is 5.19. The Morgan fingerprint density at radius 1 is 1.29 bits per heavy atom. The van der Waals surface area contributed by atoms with E-state index < -0.39 is 0 Å². The van der Waals surface area contributed by atoms with Crippen molar-refractivity contribution in [1.82, 2.24) is 15.1 Å². The Bertz CT molecular complexity index is 805. The SMILES string of the molecule is CCC(=O)N(/C(N)=C/NCc1ccc(OC)cc1)C1CCN(CC2=CC=CCC2)CC1. The van der Waals surface area contributed by atoms with E-state index in [9.17, 15) is 4.79 Å². The van der Waals surface area contributed by atoms with Gasteiger partial charge in [0.15, 0.2) is 0 Å². The van der Waals surface area contributed by atoms with E-state index in [1.54, 1.807) is 18.2 Å². The first-order chi connectivity index (χ1) is 15.1. The number of amides is 1. The van der Waals surface area contributed by atoms with Gasteiger partial charge in [-0.15, -0.1) is 0 Å². The zero-order valence-corrected chi connectivity index (χ0v) is 18.8. The first-order valence-corrected chi connectivity index (χ1v) is 11.3. The molecule has 0 saturated carbocycles. The van der Waals surface area contributed by atoms with Gasteiger partial charge in [0.1, 0.15) is 11.6 Å². The number of nitrogens with zero attached hydrogens (tertiary/aromatic N) is 2. The van der Waals surface area contributed by atoms with E-state index in [4.69, 9.17) is 10.5 Å². The molecule has 1 aliphatic carbocycles. The quantitative estimate of drug-likeness (QED) is 0.635. The minimum atomic E-state index is 0.0820. The zero-order valence-electron chi connectivity index (χ0n) is 18.8. The minimum Gasteiger partial charge on any atom is -0.497 e. The molecule has 2 aliphatic rings. The summed E-state index contributed by atoms with van der Waals surface area (Å²) in [6, 6.07) is 8.05. The van der Waals surface area contributed by atoms with Crippen LogP contribution < -0.4 is 15.8 Å². The number of hydrogen-bond acceptors (Lipinski definition) is 5. The van der Waals surface area contributed by atoms with Gasteiger partial charge in [0.05, 0.1) is 7.11 Å². The molecule has 0 atom stereocenters. The van der Waals surface area contributed by atoms with E-state index in [0.717, 1.165) is 56.6 Å². The number of piperidine rings is 1. The van der Waals surface area contributed by atoms with Crippen LogP contribution >= 0.6 is 0 Å². The number of rotatable bonds is 9. The number of benzene rings is 1. The van der Waals surface area contributed by atoms with Gasteiger partial charge in [0.2, 0.25) is 5.91 Å². The van der Waals surface area contributed by atoms with Crippen molar-refractivity contribution in [2.24, 2.45) is 5.73 Å². The van der Waals surface area contributed by atoms with Crippen molar-refractivity contribution in [2.45, 2.75) is 51.6 Å². The third kappa shape index (κ3) is 6.62. The first kappa shape index (κ1) is 22.9. The van der Waals surface area contributed by atoms with Crippen LogP contribution in [0.3, 0.4) is 0 Å². The van der Waals surface area contributed by atoms with Crippen LogP contribution in [0.25, 0.3) is 0 Å². The molecule has 1 amide bonds. The number of ether oxygens (including phenoxy) is 1. The predicted molar refractivity (Wildman–Crippen MR) is 125 cm³/mol. The maximum absolute atomic E-state index is 12.7. The second-order valence-corrected chi connectivity index (χ2v) is 8.21. The zero-order chi connectivity index (χ0) is 22.1. The van der Waals surface area contributed by atoms with Gasteiger partial charge in [0, 0.05) is 44.8 Å². The molecule has 1 aliphatic heterocycles. The van der Waals surface area contributed by atoms with Gasteiger partial charge in [-0.3, -0.25) is 14.6 Å². The number of carbonyl (C=O) groups excluding carboxylic acids is 1. The van der Waals surface area contributed by atoms with E-state index in [-0.39, 0.29) is 11.9 Å². The highest BCUT2D eigenvalue weighted by Gasteiger charge is 2.29. The van der Waals surface area contributed by atoms with Crippen LogP contribution in [-0.4, -0.2) is 48.5 Å². The normalized spacial score (nSPS) is 17.9. The molecular weight excluding hydrogens is 388 g/mol. The highest BCUT2D eigenvalue weighted by atomic mass is 16.5. The molecule has 6 heteroatoms. The third-order valence-electron chi connectivity index (χ3n) is 6.01. The van der Waals surface area contributed by atoms with Gasteiger partial charge in [-0.05, 0) is 43.4 Å². The summed E-state index contributed by atoms with van der Waals surface area (Å²) in [7, 11) is 1.66. The lowest BCUT2D eigenvalue weighted by molar-refractivity contribution is -0.131. The van der Waals surface area contributed by atoms with Crippen molar-refractivity contribution < 1.29 is 9.53 Å². The average Bonchev–Trinajstić information content (AvgIpc) is 2.81. The Morgan fingerprint density at radius 3 is 2.65 bits per heavy atom. The molecule has 1 aromatic carbocycles. The maximum Gasteiger partial charge on any atom is 0.228 e. The topological polar surface area (TPSA) is 70.8 Å². The lowest BCUT2D eigenvalue weighted by Crippen LogP contribution is -2.48. The number of carbonyl (C=O) groups is 1. The Kier molecular flexibility index (Phi) is 8.59. The summed E-state index contributed by atoms with van der Waals surface area (Å²) >= 11 is 0. The smallest absolute Gasteiger partial charge is 0.228 e. The first-order valence-electron chi connectivity index (χ1n) is 11.3.